The normalized spacial score (nSPS) is 15.8. The van der Waals surface area contributed by atoms with E-state index in [1.807, 2.05) is 0 Å². The van der Waals surface area contributed by atoms with Gasteiger partial charge in [-0.3, -0.25) is 10.3 Å². The van der Waals surface area contributed by atoms with Crippen LogP contribution in [0.4, 0.5) is 10.6 Å². The van der Waals surface area contributed by atoms with Gasteiger partial charge in [0.25, 0.3) is 0 Å². The number of amides is 2. The molecule has 26 heavy (non-hydrogen) atoms. The van der Waals surface area contributed by atoms with E-state index in [-0.39, 0.29) is 30.9 Å². The molecule has 2 heterocycles. The van der Waals surface area contributed by atoms with Gasteiger partial charge in [0.1, 0.15) is 5.82 Å². The molecule has 1 unspecified atom stereocenters. The van der Waals surface area contributed by atoms with Crippen molar-refractivity contribution in [2.75, 3.05) is 18.5 Å². The molecule has 0 aliphatic heterocycles. The van der Waals surface area contributed by atoms with Crippen molar-refractivity contribution in [1.29, 1.82) is 5.41 Å². The average Bonchev–Trinajstić information content (AvgIpc) is 3.14. The van der Waals surface area contributed by atoms with Gasteiger partial charge in [0.15, 0.2) is 0 Å². The number of pyridine rings is 2. The Morgan fingerprint density at radius 1 is 1.35 bits per heavy atom. The molecular formula is C18H24N6O2. The molecule has 2 amide bonds. The first-order chi connectivity index (χ1) is 12.6. The van der Waals surface area contributed by atoms with Crippen molar-refractivity contribution in [3.8, 4) is 0 Å². The molecule has 3 rings (SSSR count). The molecule has 6 N–H and O–H groups in total. The second kappa shape index (κ2) is 8.20. The maximum Gasteiger partial charge on any atom is 0.320 e. The summed E-state index contributed by atoms with van der Waals surface area (Å²) < 4.78 is 0. The third-order valence-corrected chi connectivity index (χ3v) is 4.72. The van der Waals surface area contributed by atoms with E-state index in [0.29, 0.717) is 16.9 Å². The molecule has 8 nitrogen and oxygen atoms in total. The second-order valence-corrected chi connectivity index (χ2v) is 6.55. The van der Waals surface area contributed by atoms with Crippen LogP contribution in [0.3, 0.4) is 0 Å². The van der Waals surface area contributed by atoms with Crippen molar-refractivity contribution in [2.24, 2.45) is 5.73 Å². The summed E-state index contributed by atoms with van der Waals surface area (Å²) >= 11 is 0. The molecule has 1 aliphatic carbocycles. The van der Waals surface area contributed by atoms with Gasteiger partial charge in [-0.05, 0) is 36.6 Å². The smallest absolute Gasteiger partial charge is 0.320 e. The maximum atomic E-state index is 12.1. The minimum atomic E-state index is -0.402. The van der Waals surface area contributed by atoms with E-state index in [2.05, 4.69) is 20.6 Å². The number of nitrogens with two attached hydrogens (primary N) is 1. The number of urea groups is 1. The summed E-state index contributed by atoms with van der Waals surface area (Å²) in [6.45, 7) is -0.148. The van der Waals surface area contributed by atoms with Gasteiger partial charge in [-0.2, -0.15) is 0 Å². The van der Waals surface area contributed by atoms with Crippen molar-refractivity contribution in [1.82, 2.24) is 15.3 Å². The molecule has 2 aromatic rings. The third kappa shape index (κ3) is 4.14. The van der Waals surface area contributed by atoms with Crippen molar-refractivity contribution >= 4 is 28.6 Å². The summed E-state index contributed by atoms with van der Waals surface area (Å²) in [7, 11) is 0. The van der Waals surface area contributed by atoms with Crippen LogP contribution in [0.1, 0.15) is 37.2 Å². The first kappa shape index (κ1) is 18.2. The van der Waals surface area contributed by atoms with Gasteiger partial charge in [-0.25, -0.2) is 9.78 Å². The Morgan fingerprint density at radius 3 is 2.81 bits per heavy atom. The van der Waals surface area contributed by atoms with Crippen LogP contribution in [0, 0.1) is 5.41 Å². The molecule has 1 saturated carbocycles. The minimum absolute atomic E-state index is 0.138. The fourth-order valence-corrected chi connectivity index (χ4v) is 3.28. The minimum Gasteiger partial charge on any atom is -0.390 e. The SMILES string of the molecule is N=C(CO)C(CN)c1cnc2ccc(NC(=O)NC3CCCC3)nc2c1. The van der Waals surface area contributed by atoms with Gasteiger partial charge < -0.3 is 21.6 Å². The Bertz CT molecular complexity index is 803. The van der Waals surface area contributed by atoms with Gasteiger partial charge in [0.2, 0.25) is 0 Å². The number of carbonyl (C=O) groups excluding carboxylic acids is 1. The Kier molecular flexibility index (Phi) is 5.75. The predicted octanol–water partition coefficient (Wildman–Crippen LogP) is 1.75. The quantitative estimate of drug-likeness (QED) is 0.502. The van der Waals surface area contributed by atoms with Crippen LogP contribution < -0.4 is 16.4 Å². The molecular weight excluding hydrogens is 332 g/mol. The summed E-state index contributed by atoms with van der Waals surface area (Å²) in [4.78, 5) is 20.9. The molecule has 1 atom stereocenters. The summed E-state index contributed by atoms with van der Waals surface area (Å²) in [6.07, 6.45) is 5.98. The van der Waals surface area contributed by atoms with Crippen LogP contribution in [-0.4, -0.2) is 46.0 Å². The molecule has 2 aromatic heterocycles. The van der Waals surface area contributed by atoms with E-state index in [1.165, 1.54) is 0 Å². The summed E-state index contributed by atoms with van der Waals surface area (Å²) in [6, 6.07) is 5.27. The number of hydrogen-bond donors (Lipinski definition) is 5. The lowest BCUT2D eigenvalue weighted by atomic mass is 9.95. The fourth-order valence-electron chi connectivity index (χ4n) is 3.28. The van der Waals surface area contributed by atoms with E-state index in [9.17, 15) is 9.90 Å². The lowest BCUT2D eigenvalue weighted by molar-refractivity contribution is 0.248. The first-order valence-corrected chi connectivity index (χ1v) is 8.83. The van der Waals surface area contributed by atoms with Crippen molar-refractivity contribution in [3.63, 3.8) is 0 Å². The number of aliphatic hydroxyl groups is 1. The first-order valence-electron chi connectivity index (χ1n) is 8.83. The molecule has 8 heteroatoms. The Labute approximate surface area is 151 Å². The van der Waals surface area contributed by atoms with Crippen molar-refractivity contribution in [3.05, 3.63) is 30.0 Å². The van der Waals surface area contributed by atoms with Gasteiger partial charge >= 0.3 is 6.03 Å². The average molecular weight is 356 g/mol. The number of aliphatic hydroxyl groups excluding tert-OH is 1. The largest absolute Gasteiger partial charge is 0.390 e. The number of fused-ring (bicyclic) bond motifs is 1. The lowest BCUT2D eigenvalue weighted by Crippen LogP contribution is -2.36. The summed E-state index contributed by atoms with van der Waals surface area (Å²) in [5.74, 6) is 0.0365. The monoisotopic (exact) mass is 356 g/mol. The molecule has 1 aliphatic rings. The van der Waals surface area contributed by atoms with E-state index in [4.69, 9.17) is 11.1 Å². The summed E-state index contributed by atoms with van der Waals surface area (Å²) in [5, 5.41) is 22.8. The van der Waals surface area contributed by atoms with Crippen LogP contribution in [0.15, 0.2) is 24.4 Å². The van der Waals surface area contributed by atoms with Crippen LogP contribution in [0.2, 0.25) is 0 Å². The van der Waals surface area contributed by atoms with E-state index >= 15 is 0 Å². The highest BCUT2D eigenvalue weighted by molar-refractivity contribution is 5.91. The van der Waals surface area contributed by atoms with E-state index in [1.54, 1.807) is 24.4 Å². The Balaban J connectivity index is 1.77. The van der Waals surface area contributed by atoms with Gasteiger partial charge in [0.05, 0.1) is 17.6 Å². The van der Waals surface area contributed by atoms with E-state index in [0.717, 1.165) is 31.2 Å². The molecule has 0 spiro atoms. The molecule has 138 valence electrons. The standard InChI is InChI=1S/C18H24N6O2/c19-8-13(14(20)10-25)11-7-16-15(21-9-11)5-6-17(23-16)24-18(26)22-12-3-1-2-4-12/h5-7,9,12-13,20,25H,1-4,8,10,19H2,(H2,22,23,24,26). The van der Waals surface area contributed by atoms with Crippen LogP contribution in [-0.2, 0) is 0 Å². The van der Waals surface area contributed by atoms with E-state index < -0.39 is 5.92 Å². The predicted molar refractivity (Wildman–Crippen MR) is 101 cm³/mol. The zero-order chi connectivity index (χ0) is 18.5. The number of nitrogens with one attached hydrogen (secondary N) is 3. The Morgan fingerprint density at radius 2 is 2.12 bits per heavy atom. The highest BCUT2D eigenvalue weighted by Gasteiger charge is 2.18. The summed E-state index contributed by atoms with van der Waals surface area (Å²) in [5.41, 5.74) is 7.88. The number of rotatable bonds is 6. The van der Waals surface area contributed by atoms with Crippen LogP contribution >= 0.6 is 0 Å². The third-order valence-electron chi connectivity index (χ3n) is 4.72. The number of anilines is 1. The van der Waals surface area contributed by atoms with Crippen LogP contribution in [0.25, 0.3) is 11.0 Å². The van der Waals surface area contributed by atoms with Crippen LogP contribution in [0.5, 0.6) is 0 Å². The van der Waals surface area contributed by atoms with Gasteiger partial charge in [-0.1, -0.05) is 12.8 Å². The zero-order valence-corrected chi connectivity index (χ0v) is 14.5. The number of nitrogens with zero attached hydrogens (tertiary/aromatic N) is 2. The van der Waals surface area contributed by atoms with Gasteiger partial charge in [0, 0.05) is 30.4 Å². The molecule has 1 fully saturated rings. The number of aromatic nitrogens is 2. The molecule has 0 radical (unpaired) electrons. The fraction of sp³-hybridized carbons (Fsp3) is 0.444. The molecule has 0 bridgehead atoms. The Hall–Kier alpha value is -2.58. The highest BCUT2D eigenvalue weighted by atomic mass is 16.3. The second-order valence-electron chi connectivity index (χ2n) is 6.55. The molecule has 0 aromatic carbocycles. The number of hydrogen-bond acceptors (Lipinski definition) is 6. The zero-order valence-electron chi connectivity index (χ0n) is 14.5. The lowest BCUT2D eigenvalue weighted by Gasteiger charge is -2.15. The number of carbonyl (C=O) groups is 1. The highest BCUT2D eigenvalue weighted by Crippen LogP contribution is 2.21. The molecule has 0 saturated heterocycles. The van der Waals surface area contributed by atoms with Crippen molar-refractivity contribution < 1.29 is 9.90 Å². The van der Waals surface area contributed by atoms with Crippen molar-refractivity contribution in [2.45, 2.75) is 37.6 Å². The maximum absolute atomic E-state index is 12.1. The van der Waals surface area contributed by atoms with Gasteiger partial charge in [-0.15, -0.1) is 0 Å². The topological polar surface area (TPSA) is 137 Å².